The maximum absolute atomic E-state index is 11.9. The van der Waals surface area contributed by atoms with Gasteiger partial charge in [0.25, 0.3) is 0 Å². The number of hydrogen-bond donors (Lipinski definition) is 1. The molecule has 0 atom stereocenters. The topological polar surface area (TPSA) is 49.4 Å². The Labute approximate surface area is 99.5 Å². The fourth-order valence-electron chi connectivity index (χ4n) is 2.26. The van der Waals surface area contributed by atoms with Crippen LogP contribution in [-0.2, 0) is 10.0 Å². The van der Waals surface area contributed by atoms with Gasteiger partial charge in [0.1, 0.15) is 0 Å². The highest BCUT2D eigenvalue weighted by Crippen LogP contribution is 2.25. The predicted octanol–water partition coefficient (Wildman–Crippen LogP) is 1.05. The summed E-state index contributed by atoms with van der Waals surface area (Å²) in [4.78, 5) is 0. The van der Waals surface area contributed by atoms with E-state index in [0.717, 1.165) is 6.54 Å². The number of nitrogens with zero attached hydrogens (tertiary/aromatic N) is 1. The molecule has 1 saturated carbocycles. The van der Waals surface area contributed by atoms with Gasteiger partial charge in [-0.15, -0.1) is 0 Å². The summed E-state index contributed by atoms with van der Waals surface area (Å²) in [6, 6.07) is 0. The van der Waals surface area contributed by atoms with E-state index < -0.39 is 10.0 Å². The molecule has 96 valence electrons. The quantitative estimate of drug-likeness (QED) is 0.685. The van der Waals surface area contributed by atoms with E-state index in [2.05, 4.69) is 5.32 Å². The van der Waals surface area contributed by atoms with E-state index in [9.17, 15) is 8.42 Å². The molecular formula is C11H24N2O2S. The van der Waals surface area contributed by atoms with Crippen LogP contribution < -0.4 is 5.32 Å². The minimum atomic E-state index is -3.03. The first-order chi connectivity index (χ1) is 7.56. The zero-order valence-electron chi connectivity index (χ0n) is 10.4. The third kappa shape index (κ3) is 4.39. The molecule has 5 heteroatoms. The summed E-state index contributed by atoms with van der Waals surface area (Å²) < 4.78 is 25.3. The molecule has 0 amide bonds. The Morgan fingerprint density at radius 2 is 1.94 bits per heavy atom. The number of nitrogens with one attached hydrogen (secondary N) is 1. The molecule has 0 unspecified atom stereocenters. The van der Waals surface area contributed by atoms with Crippen molar-refractivity contribution < 1.29 is 8.42 Å². The first kappa shape index (κ1) is 13.9. The molecule has 1 fully saturated rings. The van der Waals surface area contributed by atoms with Crippen molar-refractivity contribution >= 4 is 10.0 Å². The highest BCUT2D eigenvalue weighted by molar-refractivity contribution is 7.89. The summed E-state index contributed by atoms with van der Waals surface area (Å²) in [5.74, 6) is 0.848. The Morgan fingerprint density at radius 1 is 1.31 bits per heavy atom. The van der Waals surface area contributed by atoms with E-state index in [0.29, 0.717) is 18.9 Å². The van der Waals surface area contributed by atoms with Crippen LogP contribution in [0.3, 0.4) is 0 Å². The van der Waals surface area contributed by atoms with E-state index >= 15 is 0 Å². The minimum absolute atomic E-state index is 0.261. The van der Waals surface area contributed by atoms with Crippen molar-refractivity contribution in [2.24, 2.45) is 5.92 Å². The largest absolute Gasteiger partial charge is 0.320 e. The van der Waals surface area contributed by atoms with Crippen molar-refractivity contribution in [3.8, 4) is 0 Å². The molecule has 0 radical (unpaired) electrons. The lowest BCUT2D eigenvalue weighted by Crippen LogP contribution is -2.33. The van der Waals surface area contributed by atoms with E-state index in [4.69, 9.17) is 0 Å². The first-order valence-corrected chi connectivity index (χ1v) is 7.76. The van der Waals surface area contributed by atoms with Crippen LogP contribution in [0.25, 0.3) is 0 Å². The third-order valence-electron chi connectivity index (χ3n) is 3.29. The van der Waals surface area contributed by atoms with Crippen molar-refractivity contribution in [2.45, 2.75) is 32.1 Å². The SMILES string of the molecule is CNCCCS(=O)(=O)N(C)CC1CCCC1. The number of sulfonamides is 1. The summed E-state index contributed by atoms with van der Waals surface area (Å²) in [5.41, 5.74) is 0. The van der Waals surface area contributed by atoms with Gasteiger partial charge in [-0.1, -0.05) is 12.8 Å². The molecule has 0 saturated heterocycles. The Morgan fingerprint density at radius 3 is 2.50 bits per heavy atom. The molecular weight excluding hydrogens is 224 g/mol. The maximum atomic E-state index is 11.9. The number of rotatable bonds is 7. The van der Waals surface area contributed by atoms with Crippen LogP contribution in [0.5, 0.6) is 0 Å². The fraction of sp³-hybridized carbons (Fsp3) is 1.00. The van der Waals surface area contributed by atoms with E-state index in [1.165, 1.54) is 25.7 Å². The first-order valence-electron chi connectivity index (χ1n) is 6.15. The van der Waals surface area contributed by atoms with Crippen LogP contribution in [0, 0.1) is 5.92 Å². The second-order valence-corrected chi connectivity index (χ2v) is 6.90. The molecule has 0 aromatic rings. The summed E-state index contributed by atoms with van der Waals surface area (Å²) in [6.07, 6.45) is 5.59. The summed E-state index contributed by atoms with van der Waals surface area (Å²) >= 11 is 0. The smallest absolute Gasteiger partial charge is 0.213 e. The molecule has 1 aliphatic rings. The molecule has 0 spiro atoms. The lowest BCUT2D eigenvalue weighted by molar-refractivity contribution is 0.387. The van der Waals surface area contributed by atoms with Gasteiger partial charge in [-0.25, -0.2) is 12.7 Å². The van der Waals surface area contributed by atoms with Gasteiger partial charge in [0.15, 0.2) is 0 Å². The molecule has 1 aliphatic carbocycles. The zero-order valence-corrected chi connectivity index (χ0v) is 11.2. The van der Waals surface area contributed by atoms with Gasteiger partial charge >= 0.3 is 0 Å². The molecule has 16 heavy (non-hydrogen) atoms. The summed E-state index contributed by atoms with van der Waals surface area (Å²) in [5, 5.41) is 2.97. The van der Waals surface area contributed by atoms with Gasteiger partial charge in [-0.3, -0.25) is 0 Å². The van der Waals surface area contributed by atoms with Gasteiger partial charge in [0.05, 0.1) is 5.75 Å². The second-order valence-electron chi connectivity index (χ2n) is 4.70. The standard InChI is InChI=1S/C11H24N2O2S/c1-12-8-5-9-16(14,15)13(2)10-11-6-3-4-7-11/h11-12H,3-10H2,1-2H3. The Kier molecular flexibility index (Phi) is 5.72. The normalized spacial score (nSPS) is 18.4. The van der Waals surface area contributed by atoms with Crippen LogP contribution in [0.15, 0.2) is 0 Å². The van der Waals surface area contributed by atoms with Crippen molar-refractivity contribution in [1.82, 2.24) is 9.62 Å². The molecule has 0 aromatic heterocycles. The van der Waals surface area contributed by atoms with Crippen LogP contribution in [0.2, 0.25) is 0 Å². The van der Waals surface area contributed by atoms with Crippen molar-refractivity contribution in [1.29, 1.82) is 0 Å². The summed E-state index contributed by atoms with van der Waals surface area (Å²) in [6.45, 7) is 1.47. The van der Waals surface area contributed by atoms with Gasteiger partial charge < -0.3 is 5.32 Å². The Hall–Kier alpha value is -0.130. The predicted molar refractivity (Wildman–Crippen MR) is 66.9 cm³/mol. The zero-order chi connectivity index (χ0) is 12.0. The van der Waals surface area contributed by atoms with Crippen molar-refractivity contribution in [3.05, 3.63) is 0 Å². The van der Waals surface area contributed by atoms with Crippen molar-refractivity contribution in [2.75, 3.05) is 32.9 Å². The third-order valence-corrected chi connectivity index (χ3v) is 5.20. The van der Waals surface area contributed by atoms with E-state index in [1.807, 2.05) is 7.05 Å². The maximum Gasteiger partial charge on any atom is 0.213 e. The molecule has 1 rings (SSSR count). The highest BCUT2D eigenvalue weighted by Gasteiger charge is 2.23. The van der Waals surface area contributed by atoms with Crippen LogP contribution in [0.1, 0.15) is 32.1 Å². The van der Waals surface area contributed by atoms with E-state index in [1.54, 1.807) is 11.4 Å². The average molecular weight is 248 g/mol. The highest BCUT2D eigenvalue weighted by atomic mass is 32.2. The lowest BCUT2D eigenvalue weighted by atomic mass is 10.1. The van der Waals surface area contributed by atoms with Gasteiger partial charge in [-0.2, -0.15) is 0 Å². The Balaban J connectivity index is 2.35. The van der Waals surface area contributed by atoms with Crippen LogP contribution in [-0.4, -0.2) is 45.7 Å². The van der Waals surface area contributed by atoms with Gasteiger partial charge in [0.2, 0.25) is 10.0 Å². The monoisotopic (exact) mass is 248 g/mol. The van der Waals surface area contributed by atoms with Gasteiger partial charge in [0, 0.05) is 13.6 Å². The molecule has 0 aromatic carbocycles. The second kappa shape index (κ2) is 6.57. The van der Waals surface area contributed by atoms with E-state index in [-0.39, 0.29) is 5.75 Å². The van der Waals surface area contributed by atoms with Gasteiger partial charge in [-0.05, 0) is 38.8 Å². The lowest BCUT2D eigenvalue weighted by Gasteiger charge is -2.20. The molecule has 0 heterocycles. The molecule has 0 aliphatic heterocycles. The molecule has 0 bridgehead atoms. The molecule has 1 N–H and O–H groups in total. The molecule has 4 nitrogen and oxygen atoms in total. The van der Waals surface area contributed by atoms with Crippen LogP contribution in [0.4, 0.5) is 0 Å². The van der Waals surface area contributed by atoms with Crippen molar-refractivity contribution in [3.63, 3.8) is 0 Å². The van der Waals surface area contributed by atoms with Crippen LogP contribution >= 0.6 is 0 Å². The fourth-order valence-corrected chi connectivity index (χ4v) is 3.52. The Bertz CT molecular complexity index is 284. The average Bonchev–Trinajstić information content (AvgIpc) is 2.70. The summed E-state index contributed by atoms with van der Waals surface area (Å²) in [7, 11) is 0.531. The number of hydrogen-bond acceptors (Lipinski definition) is 3. The minimum Gasteiger partial charge on any atom is -0.320 e.